The van der Waals surface area contributed by atoms with Gasteiger partial charge in [0.1, 0.15) is 0 Å². The SMILES string of the molecule is CCNC(=NCCCNC(=O)c1occc1C)NCCCOC.I. The summed E-state index contributed by atoms with van der Waals surface area (Å²) in [6, 6.07) is 1.77. The summed E-state index contributed by atoms with van der Waals surface area (Å²) in [6.45, 7) is 7.42. The maximum Gasteiger partial charge on any atom is 0.287 e. The van der Waals surface area contributed by atoms with E-state index in [2.05, 4.69) is 20.9 Å². The molecule has 0 aliphatic carbocycles. The van der Waals surface area contributed by atoms with Crippen LogP contribution in [0.1, 0.15) is 35.9 Å². The van der Waals surface area contributed by atoms with E-state index in [-0.39, 0.29) is 29.9 Å². The number of aliphatic imine (C=N–C) groups is 1. The van der Waals surface area contributed by atoms with Gasteiger partial charge in [-0.25, -0.2) is 0 Å². The highest BCUT2D eigenvalue weighted by molar-refractivity contribution is 14.0. The Balaban J connectivity index is 0.00000529. The van der Waals surface area contributed by atoms with Crippen LogP contribution in [-0.4, -0.2) is 51.8 Å². The van der Waals surface area contributed by atoms with E-state index in [1.54, 1.807) is 13.2 Å². The van der Waals surface area contributed by atoms with Crippen molar-refractivity contribution in [2.24, 2.45) is 4.99 Å². The number of ether oxygens (including phenoxy) is 1. The van der Waals surface area contributed by atoms with Crippen molar-refractivity contribution in [1.29, 1.82) is 0 Å². The second-order valence-corrected chi connectivity index (χ2v) is 5.08. The zero-order valence-corrected chi connectivity index (χ0v) is 17.0. The minimum absolute atomic E-state index is 0. The van der Waals surface area contributed by atoms with Crippen LogP contribution >= 0.6 is 24.0 Å². The smallest absolute Gasteiger partial charge is 0.287 e. The van der Waals surface area contributed by atoms with Crippen LogP contribution in [0.3, 0.4) is 0 Å². The minimum Gasteiger partial charge on any atom is -0.459 e. The van der Waals surface area contributed by atoms with Crippen molar-refractivity contribution in [3.63, 3.8) is 0 Å². The van der Waals surface area contributed by atoms with Gasteiger partial charge in [-0.3, -0.25) is 9.79 Å². The molecule has 0 saturated heterocycles. The average molecular weight is 452 g/mol. The summed E-state index contributed by atoms with van der Waals surface area (Å²) in [4.78, 5) is 16.3. The highest BCUT2D eigenvalue weighted by Crippen LogP contribution is 2.07. The second kappa shape index (κ2) is 14.1. The van der Waals surface area contributed by atoms with Crippen LogP contribution in [0.5, 0.6) is 0 Å². The Morgan fingerprint density at radius 2 is 2.00 bits per heavy atom. The van der Waals surface area contributed by atoms with Gasteiger partial charge in [0.05, 0.1) is 6.26 Å². The van der Waals surface area contributed by atoms with Crippen molar-refractivity contribution < 1.29 is 13.9 Å². The molecular formula is C16H29IN4O3. The first-order valence-electron chi connectivity index (χ1n) is 8.02. The van der Waals surface area contributed by atoms with Crippen molar-refractivity contribution >= 4 is 35.8 Å². The molecule has 0 aromatic carbocycles. The molecular weight excluding hydrogens is 423 g/mol. The number of carbonyl (C=O) groups is 1. The summed E-state index contributed by atoms with van der Waals surface area (Å²) in [5.74, 6) is 0.986. The van der Waals surface area contributed by atoms with Gasteiger partial charge in [-0.05, 0) is 32.8 Å². The van der Waals surface area contributed by atoms with Crippen molar-refractivity contribution in [1.82, 2.24) is 16.0 Å². The van der Waals surface area contributed by atoms with E-state index in [1.807, 2.05) is 13.8 Å². The van der Waals surface area contributed by atoms with Crippen molar-refractivity contribution in [2.75, 3.05) is 39.9 Å². The van der Waals surface area contributed by atoms with Crippen LogP contribution < -0.4 is 16.0 Å². The lowest BCUT2D eigenvalue weighted by Gasteiger charge is -2.11. The molecule has 1 aromatic rings. The van der Waals surface area contributed by atoms with Gasteiger partial charge in [-0.15, -0.1) is 24.0 Å². The number of rotatable bonds is 10. The number of hydrogen-bond donors (Lipinski definition) is 3. The molecule has 0 spiro atoms. The van der Waals surface area contributed by atoms with Gasteiger partial charge in [0.2, 0.25) is 0 Å². The lowest BCUT2D eigenvalue weighted by molar-refractivity contribution is 0.0925. The Kier molecular flexibility index (Phi) is 13.3. The fourth-order valence-corrected chi connectivity index (χ4v) is 1.92. The van der Waals surface area contributed by atoms with Crippen LogP contribution in [0.15, 0.2) is 21.7 Å². The quantitative estimate of drug-likeness (QED) is 0.219. The first-order valence-corrected chi connectivity index (χ1v) is 8.02. The highest BCUT2D eigenvalue weighted by Gasteiger charge is 2.11. The molecule has 0 radical (unpaired) electrons. The largest absolute Gasteiger partial charge is 0.459 e. The molecule has 0 saturated carbocycles. The van der Waals surface area contributed by atoms with Gasteiger partial charge in [0, 0.05) is 45.5 Å². The molecule has 138 valence electrons. The lowest BCUT2D eigenvalue weighted by atomic mass is 10.2. The molecule has 1 aromatic heterocycles. The monoisotopic (exact) mass is 452 g/mol. The van der Waals surface area contributed by atoms with Crippen molar-refractivity contribution in [2.45, 2.75) is 26.7 Å². The first kappa shape index (κ1) is 22.7. The molecule has 0 unspecified atom stereocenters. The van der Waals surface area contributed by atoms with Crippen LogP contribution in [0.25, 0.3) is 0 Å². The number of amides is 1. The zero-order valence-electron chi connectivity index (χ0n) is 14.7. The number of hydrogen-bond acceptors (Lipinski definition) is 4. The summed E-state index contributed by atoms with van der Waals surface area (Å²) in [6.07, 6.45) is 3.21. The molecule has 0 bridgehead atoms. The summed E-state index contributed by atoms with van der Waals surface area (Å²) in [5, 5.41) is 9.26. The van der Waals surface area contributed by atoms with Crippen LogP contribution in [0.2, 0.25) is 0 Å². The lowest BCUT2D eigenvalue weighted by Crippen LogP contribution is -2.38. The number of methoxy groups -OCH3 is 1. The zero-order chi connectivity index (χ0) is 16.9. The predicted octanol–water partition coefficient (Wildman–Crippen LogP) is 1.92. The normalized spacial score (nSPS) is 10.9. The van der Waals surface area contributed by atoms with E-state index in [9.17, 15) is 4.79 Å². The highest BCUT2D eigenvalue weighted by atomic mass is 127. The molecule has 1 rings (SSSR count). The topological polar surface area (TPSA) is 87.9 Å². The molecule has 3 N–H and O–H groups in total. The summed E-state index contributed by atoms with van der Waals surface area (Å²) in [7, 11) is 1.69. The predicted molar refractivity (Wildman–Crippen MR) is 106 cm³/mol. The van der Waals surface area contributed by atoms with Gasteiger partial charge in [-0.1, -0.05) is 0 Å². The number of nitrogens with zero attached hydrogens (tertiary/aromatic N) is 1. The Morgan fingerprint density at radius 1 is 1.25 bits per heavy atom. The summed E-state index contributed by atoms with van der Waals surface area (Å²) < 4.78 is 10.2. The maximum absolute atomic E-state index is 11.9. The number of guanidine groups is 1. The Hall–Kier alpha value is -1.29. The van der Waals surface area contributed by atoms with Crippen molar-refractivity contribution in [3.05, 3.63) is 23.7 Å². The van der Waals surface area contributed by atoms with E-state index < -0.39 is 0 Å². The van der Waals surface area contributed by atoms with E-state index in [0.29, 0.717) is 18.8 Å². The molecule has 0 aliphatic heterocycles. The van der Waals surface area contributed by atoms with Crippen LogP contribution in [-0.2, 0) is 4.74 Å². The van der Waals surface area contributed by atoms with Gasteiger partial charge >= 0.3 is 0 Å². The van der Waals surface area contributed by atoms with Crippen LogP contribution in [0.4, 0.5) is 0 Å². The number of aryl methyl sites for hydroxylation is 1. The fourth-order valence-electron chi connectivity index (χ4n) is 1.92. The first-order chi connectivity index (χ1) is 11.2. The number of carbonyl (C=O) groups excluding carboxylic acids is 1. The molecule has 1 heterocycles. The Labute approximate surface area is 161 Å². The van der Waals surface area contributed by atoms with Crippen molar-refractivity contribution in [3.8, 4) is 0 Å². The molecule has 8 heteroatoms. The second-order valence-electron chi connectivity index (χ2n) is 5.08. The Morgan fingerprint density at radius 3 is 2.62 bits per heavy atom. The third kappa shape index (κ3) is 9.11. The molecule has 0 fully saturated rings. The third-order valence-electron chi connectivity index (χ3n) is 3.12. The number of furan rings is 1. The average Bonchev–Trinajstić information content (AvgIpc) is 2.97. The summed E-state index contributed by atoms with van der Waals surface area (Å²) in [5.41, 5.74) is 0.843. The fraction of sp³-hybridized carbons (Fsp3) is 0.625. The van der Waals surface area contributed by atoms with E-state index in [4.69, 9.17) is 9.15 Å². The molecule has 0 atom stereocenters. The van der Waals surface area contributed by atoms with Crippen LogP contribution in [0, 0.1) is 6.92 Å². The number of halogens is 1. The molecule has 24 heavy (non-hydrogen) atoms. The van der Waals surface area contributed by atoms with Gasteiger partial charge in [-0.2, -0.15) is 0 Å². The standard InChI is InChI=1S/C16H28N4O3.HI/c1-4-17-16(20-10-6-11-22-3)19-9-5-8-18-15(21)14-13(2)7-12-23-14;/h7,12H,4-6,8-11H2,1-3H3,(H,18,21)(H2,17,19,20);1H. The third-order valence-corrected chi connectivity index (χ3v) is 3.12. The Bertz CT molecular complexity index is 491. The molecule has 7 nitrogen and oxygen atoms in total. The van der Waals surface area contributed by atoms with E-state index in [0.717, 1.165) is 44.1 Å². The van der Waals surface area contributed by atoms with Gasteiger partial charge in [0.25, 0.3) is 5.91 Å². The van der Waals surface area contributed by atoms with Gasteiger partial charge < -0.3 is 25.1 Å². The molecule has 0 aliphatic rings. The minimum atomic E-state index is -0.180. The number of nitrogens with one attached hydrogen (secondary N) is 3. The van der Waals surface area contributed by atoms with Gasteiger partial charge in [0.15, 0.2) is 11.7 Å². The molecule has 1 amide bonds. The maximum atomic E-state index is 11.9. The summed E-state index contributed by atoms with van der Waals surface area (Å²) >= 11 is 0. The van der Waals surface area contributed by atoms with E-state index >= 15 is 0 Å². The van der Waals surface area contributed by atoms with E-state index in [1.165, 1.54) is 6.26 Å².